The molecule has 0 amide bonds. The van der Waals surface area contributed by atoms with E-state index < -0.39 is 11.6 Å². The van der Waals surface area contributed by atoms with Crippen molar-refractivity contribution in [3.8, 4) is 5.75 Å². The molecule has 2 aromatic rings. The highest BCUT2D eigenvalue weighted by molar-refractivity contribution is 6.48. The molecule has 0 unspecified atom stereocenters. The van der Waals surface area contributed by atoms with Gasteiger partial charge in [0.15, 0.2) is 0 Å². The predicted octanol–water partition coefficient (Wildman–Crippen LogP) is 2.08. The van der Waals surface area contributed by atoms with Crippen LogP contribution < -0.4 is 4.74 Å². The zero-order valence-corrected chi connectivity index (χ0v) is 10.1. The zero-order valence-electron chi connectivity index (χ0n) is 10.1. The van der Waals surface area contributed by atoms with E-state index in [1.54, 1.807) is 24.3 Å². The zero-order chi connectivity index (χ0) is 13.2. The molecular formula is C15H11NO3. The molecule has 0 fully saturated rings. The molecule has 1 aromatic heterocycles. The molecule has 94 valence electrons. The quantitative estimate of drug-likeness (QED) is 0.620. The Morgan fingerprint density at radius 3 is 2.79 bits per heavy atom. The fraction of sp³-hybridized carbons (Fsp3) is 0.133. The van der Waals surface area contributed by atoms with Crippen molar-refractivity contribution in [1.82, 2.24) is 4.98 Å². The number of aromatic nitrogens is 1. The summed E-state index contributed by atoms with van der Waals surface area (Å²) in [4.78, 5) is 28.0. The second-order valence-corrected chi connectivity index (χ2v) is 4.29. The molecular weight excluding hydrogens is 242 g/mol. The Labute approximate surface area is 110 Å². The van der Waals surface area contributed by atoms with Crippen LogP contribution in [0.25, 0.3) is 0 Å². The standard InChI is InChI=1S/C15H11NO3/c17-14(15(18)12-3-1-2-7-16-12)11-5-4-10-6-8-19-13(10)9-11/h1-5,7,9H,6,8H2. The largest absolute Gasteiger partial charge is 0.493 e. The minimum absolute atomic E-state index is 0.161. The summed E-state index contributed by atoms with van der Waals surface area (Å²) in [6.07, 6.45) is 2.34. The van der Waals surface area contributed by atoms with Gasteiger partial charge in [-0.1, -0.05) is 18.2 Å². The van der Waals surface area contributed by atoms with Gasteiger partial charge >= 0.3 is 0 Å². The van der Waals surface area contributed by atoms with Crippen LogP contribution in [0.4, 0.5) is 0 Å². The van der Waals surface area contributed by atoms with Gasteiger partial charge in [-0.3, -0.25) is 14.6 Å². The number of hydrogen-bond acceptors (Lipinski definition) is 4. The number of Topliss-reactive ketones (excluding diaryl/α,β-unsaturated/α-hetero) is 2. The van der Waals surface area contributed by atoms with Gasteiger partial charge in [0.2, 0.25) is 5.78 Å². The van der Waals surface area contributed by atoms with E-state index in [-0.39, 0.29) is 5.69 Å². The Balaban J connectivity index is 1.90. The van der Waals surface area contributed by atoms with Crippen LogP contribution in [0.5, 0.6) is 5.75 Å². The van der Waals surface area contributed by atoms with Gasteiger partial charge in [-0.05, 0) is 23.8 Å². The van der Waals surface area contributed by atoms with Crippen molar-refractivity contribution in [3.63, 3.8) is 0 Å². The van der Waals surface area contributed by atoms with E-state index in [0.717, 1.165) is 12.0 Å². The number of hydrogen-bond donors (Lipinski definition) is 0. The Morgan fingerprint density at radius 1 is 1.11 bits per heavy atom. The lowest BCUT2D eigenvalue weighted by atomic mass is 10.0. The maximum absolute atomic E-state index is 12.1. The second kappa shape index (κ2) is 4.65. The maximum Gasteiger partial charge on any atom is 0.251 e. The Hall–Kier alpha value is -2.49. The summed E-state index contributed by atoms with van der Waals surface area (Å²) in [5.41, 5.74) is 1.58. The van der Waals surface area contributed by atoms with Gasteiger partial charge in [0.1, 0.15) is 11.4 Å². The van der Waals surface area contributed by atoms with E-state index in [0.29, 0.717) is 17.9 Å². The van der Waals surface area contributed by atoms with Crippen LogP contribution in [-0.4, -0.2) is 23.2 Å². The van der Waals surface area contributed by atoms with E-state index in [1.165, 1.54) is 12.3 Å². The smallest absolute Gasteiger partial charge is 0.251 e. The molecule has 2 heterocycles. The minimum atomic E-state index is -0.599. The number of nitrogens with zero attached hydrogens (tertiary/aromatic N) is 1. The molecule has 1 aliphatic rings. The SMILES string of the molecule is O=C(C(=O)c1ccccn1)c1ccc2c(c1)OCC2. The molecule has 0 spiro atoms. The van der Waals surface area contributed by atoms with Crippen molar-refractivity contribution in [2.75, 3.05) is 6.61 Å². The summed E-state index contributed by atoms with van der Waals surface area (Å²) in [7, 11) is 0. The highest BCUT2D eigenvalue weighted by atomic mass is 16.5. The minimum Gasteiger partial charge on any atom is -0.493 e. The number of pyridine rings is 1. The predicted molar refractivity (Wildman–Crippen MR) is 68.5 cm³/mol. The third-order valence-corrected chi connectivity index (χ3v) is 3.06. The van der Waals surface area contributed by atoms with Crippen LogP contribution in [0.15, 0.2) is 42.6 Å². The summed E-state index contributed by atoms with van der Waals surface area (Å²) in [5.74, 6) is -0.463. The second-order valence-electron chi connectivity index (χ2n) is 4.29. The average molecular weight is 253 g/mol. The molecule has 0 radical (unpaired) electrons. The van der Waals surface area contributed by atoms with E-state index in [4.69, 9.17) is 4.74 Å². The van der Waals surface area contributed by atoms with Gasteiger partial charge in [-0.15, -0.1) is 0 Å². The Morgan fingerprint density at radius 2 is 2.00 bits per heavy atom. The number of carbonyl (C=O) groups excluding carboxylic acids is 2. The monoisotopic (exact) mass is 253 g/mol. The topological polar surface area (TPSA) is 56.3 Å². The van der Waals surface area contributed by atoms with Crippen molar-refractivity contribution in [2.45, 2.75) is 6.42 Å². The van der Waals surface area contributed by atoms with E-state index in [1.807, 2.05) is 6.07 Å². The lowest BCUT2D eigenvalue weighted by Gasteiger charge is -2.03. The highest BCUT2D eigenvalue weighted by Crippen LogP contribution is 2.26. The first-order chi connectivity index (χ1) is 9.25. The van der Waals surface area contributed by atoms with Crippen molar-refractivity contribution in [2.24, 2.45) is 0 Å². The van der Waals surface area contributed by atoms with Crippen molar-refractivity contribution >= 4 is 11.6 Å². The lowest BCUT2D eigenvalue weighted by molar-refractivity contribution is 0.0814. The number of ether oxygens (including phenoxy) is 1. The summed E-state index contributed by atoms with van der Waals surface area (Å²) in [6, 6.07) is 10.0. The van der Waals surface area contributed by atoms with Gasteiger partial charge in [0, 0.05) is 18.2 Å². The third-order valence-electron chi connectivity index (χ3n) is 3.06. The van der Waals surface area contributed by atoms with Gasteiger partial charge in [-0.2, -0.15) is 0 Å². The molecule has 4 nitrogen and oxygen atoms in total. The molecule has 4 heteroatoms. The normalized spacial score (nSPS) is 12.6. The summed E-state index contributed by atoms with van der Waals surface area (Å²) < 4.78 is 5.40. The highest BCUT2D eigenvalue weighted by Gasteiger charge is 2.21. The number of benzene rings is 1. The summed E-state index contributed by atoms with van der Waals surface area (Å²) >= 11 is 0. The Bertz CT molecular complexity index is 650. The van der Waals surface area contributed by atoms with E-state index >= 15 is 0 Å². The van der Waals surface area contributed by atoms with Crippen LogP contribution in [0.2, 0.25) is 0 Å². The van der Waals surface area contributed by atoms with Crippen molar-refractivity contribution in [1.29, 1.82) is 0 Å². The fourth-order valence-corrected chi connectivity index (χ4v) is 2.05. The third kappa shape index (κ3) is 2.12. The molecule has 0 saturated carbocycles. The molecule has 19 heavy (non-hydrogen) atoms. The Kier molecular flexibility index (Phi) is 2.83. The molecule has 1 aromatic carbocycles. The molecule has 0 N–H and O–H groups in total. The lowest BCUT2D eigenvalue weighted by Crippen LogP contribution is -2.15. The first-order valence-corrected chi connectivity index (χ1v) is 6.01. The first-order valence-electron chi connectivity index (χ1n) is 6.01. The molecule has 0 aliphatic carbocycles. The van der Waals surface area contributed by atoms with Gasteiger partial charge < -0.3 is 4.74 Å². The molecule has 0 atom stereocenters. The van der Waals surface area contributed by atoms with Crippen LogP contribution in [0.1, 0.15) is 26.4 Å². The van der Waals surface area contributed by atoms with Crippen LogP contribution in [0, 0.1) is 0 Å². The van der Waals surface area contributed by atoms with Crippen LogP contribution in [-0.2, 0) is 6.42 Å². The van der Waals surface area contributed by atoms with E-state index in [2.05, 4.69) is 4.98 Å². The molecule has 3 rings (SSSR count). The average Bonchev–Trinajstić information content (AvgIpc) is 2.94. The van der Waals surface area contributed by atoms with Crippen molar-refractivity contribution < 1.29 is 14.3 Å². The van der Waals surface area contributed by atoms with Gasteiger partial charge in [-0.25, -0.2) is 0 Å². The summed E-state index contributed by atoms with van der Waals surface area (Å²) in [5, 5.41) is 0. The first kappa shape index (κ1) is 11.6. The molecule has 1 aliphatic heterocycles. The fourth-order valence-electron chi connectivity index (χ4n) is 2.05. The van der Waals surface area contributed by atoms with Gasteiger partial charge in [0.05, 0.1) is 6.61 Å². The van der Waals surface area contributed by atoms with Crippen LogP contribution >= 0.6 is 0 Å². The number of ketones is 2. The van der Waals surface area contributed by atoms with Crippen LogP contribution in [0.3, 0.4) is 0 Å². The number of fused-ring (bicyclic) bond motifs is 1. The van der Waals surface area contributed by atoms with Crippen molar-refractivity contribution in [3.05, 3.63) is 59.4 Å². The van der Waals surface area contributed by atoms with Gasteiger partial charge in [0.25, 0.3) is 5.78 Å². The number of rotatable bonds is 3. The number of carbonyl (C=O) groups is 2. The summed E-state index contributed by atoms with van der Waals surface area (Å²) in [6.45, 7) is 0.626. The van der Waals surface area contributed by atoms with E-state index in [9.17, 15) is 9.59 Å². The molecule has 0 bridgehead atoms. The molecule has 0 saturated heterocycles. The maximum atomic E-state index is 12.1.